The summed E-state index contributed by atoms with van der Waals surface area (Å²) in [6.45, 7) is 1.05. The Morgan fingerprint density at radius 3 is 2.52 bits per heavy atom. The van der Waals surface area contributed by atoms with Crippen molar-refractivity contribution < 1.29 is 9.53 Å². The molecule has 0 fully saturated rings. The predicted octanol–water partition coefficient (Wildman–Crippen LogP) is 5.14. The Bertz CT molecular complexity index is 1230. The standard InChI is InChI=1S/C24H22N2O3S2/c1-29-14-8-13-26-23(28)19-15-21(18-11-6-3-7-12-18)31-22(19)25-24(26)30-16-20(27)17-9-4-2-5-10-17/h2-7,9-12,15H,8,13-14,16H2,1H3. The zero-order valence-electron chi connectivity index (χ0n) is 17.1. The molecule has 2 heterocycles. The van der Waals surface area contributed by atoms with E-state index in [1.54, 1.807) is 23.8 Å². The van der Waals surface area contributed by atoms with Crippen LogP contribution in [0.4, 0.5) is 0 Å². The first-order chi connectivity index (χ1) is 15.2. The van der Waals surface area contributed by atoms with Crippen molar-refractivity contribution in [3.05, 3.63) is 82.6 Å². The minimum absolute atomic E-state index is 0.0135. The Morgan fingerprint density at radius 1 is 1.10 bits per heavy atom. The predicted molar refractivity (Wildman–Crippen MR) is 127 cm³/mol. The van der Waals surface area contributed by atoms with Crippen LogP contribution in [0.1, 0.15) is 16.8 Å². The summed E-state index contributed by atoms with van der Waals surface area (Å²) in [6.07, 6.45) is 0.694. The first kappa shape index (κ1) is 21.5. The summed E-state index contributed by atoms with van der Waals surface area (Å²) < 4.78 is 6.83. The molecule has 2 aromatic heterocycles. The van der Waals surface area contributed by atoms with Gasteiger partial charge in [-0.3, -0.25) is 14.2 Å². The van der Waals surface area contributed by atoms with Crippen molar-refractivity contribution >= 4 is 39.1 Å². The van der Waals surface area contributed by atoms with E-state index in [1.165, 1.54) is 23.1 Å². The van der Waals surface area contributed by atoms with Crippen LogP contribution in [0.2, 0.25) is 0 Å². The zero-order valence-corrected chi connectivity index (χ0v) is 18.7. The number of fused-ring (bicyclic) bond motifs is 1. The molecule has 5 nitrogen and oxygen atoms in total. The van der Waals surface area contributed by atoms with Crippen molar-refractivity contribution in [2.45, 2.75) is 18.1 Å². The maximum Gasteiger partial charge on any atom is 0.262 e. The summed E-state index contributed by atoms with van der Waals surface area (Å²) >= 11 is 2.81. The molecule has 158 valence electrons. The van der Waals surface area contributed by atoms with Crippen LogP contribution in [0.3, 0.4) is 0 Å². The Morgan fingerprint density at radius 2 is 1.81 bits per heavy atom. The summed E-state index contributed by atoms with van der Waals surface area (Å²) in [5.74, 6) is 0.239. The van der Waals surface area contributed by atoms with E-state index in [1.807, 2.05) is 54.6 Å². The summed E-state index contributed by atoms with van der Waals surface area (Å²) in [5, 5.41) is 1.18. The average Bonchev–Trinajstić information content (AvgIpc) is 3.25. The minimum atomic E-state index is -0.0748. The van der Waals surface area contributed by atoms with E-state index in [9.17, 15) is 9.59 Å². The molecule has 31 heavy (non-hydrogen) atoms. The van der Waals surface area contributed by atoms with Gasteiger partial charge in [-0.05, 0) is 18.1 Å². The fourth-order valence-electron chi connectivity index (χ4n) is 3.25. The lowest BCUT2D eigenvalue weighted by Crippen LogP contribution is -2.24. The highest BCUT2D eigenvalue weighted by Gasteiger charge is 2.17. The molecular formula is C24H22N2O3S2. The second kappa shape index (κ2) is 10.0. The highest BCUT2D eigenvalue weighted by atomic mass is 32.2. The molecule has 0 spiro atoms. The smallest absolute Gasteiger partial charge is 0.262 e. The second-order valence-electron chi connectivity index (χ2n) is 6.97. The van der Waals surface area contributed by atoms with Gasteiger partial charge in [0.05, 0.1) is 11.1 Å². The summed E-state index contributed by atoms with van der Waals surface area (Å²) in [5.41, 5.74) is 1.64. The van der Waals surface area contributed by atoms with E-state index in [-0.39, 0.29) is 17.1 Å². The molecule has 0 bridgehead atoms. The number of ether oxygens (including phenoxy) is 1. The lowest BCUT2D eigenvalue weighted by molar-refractivity contribution is 0.102. The van der Waals surface area contributed by atoms with E-state index in [0.717, 1.165) is 10.4 Å². The Balaban J connectivity index is 1.68. The maximum atomic E-state index is 13.3. The third-order valence-electron chi connectivity index (χ3n) is 4.83. The third kappa shape index (κ3) is 4.95. The van der Waals surface area contributed by atoms with Crippen molar-refractivity contribution in [2.24, 2.45) is 0 Å². The highest BCUT2D eigenvalue weighted by molar-refractivity contribution is 7.99. The van der Waals surface area contributed by atoms with Gasteiger partial charge in [0, 0.05) is 30.7 Å². The lowest BCUT2D eigenvalue weighted by Gasteiger charge is -2.11. The number of rotatable bonds is 9. The van der Waals surface area contributed by atoms with Gasteiger partial charge in [-0.2, -0.15) is 0 Å². The van der Waals surface area contributed by atoms with E-state index < -0.39 is 0 Å². The van der Waals surface area contributed by atoms with Gasteiger partial charge in [0.15, 0.2) is 10.9 Å². The molecule has 7 heteroatoms. The molecule has 0 aliphatic rings. The molecule has 0 N–H and O–H groups in total. The van der Waals surface area contributed by atoms with Crippen LogP contribution in [0.25, 0.3) is 20.7 Å². The zero-order chi connectivity index (χ0) is 21.6. The third-order valence-corrected chi connectivity index (χ3v) is 6.89. The van der Waals surface area contributed by atoms with Crippen molar-refractivity contribution in [3.8, 4) is 10.4 Å². The Kier molecular flexibility index (Phi) is 6.96. The second-order valence-corrected chi connectivity index (χ2v) is 8.94. The fourth-order valence-corrected chi connectivity index (χ4v) is 5.25. The van der Waals surface area contributed by atoms with Gasteiger partial charge in [0.1, 0.15) is 4.83 Å². The number of hydrogen-bond acceptors (Lipinski definition) is 6. The topological polar surface area (TPSA) is 61.2 Å². The number of nitrogens with zero attached hydrogens (tertiary/aromatic N) is 2. The largest absolute Gasteiger partial charge is 0.385 e. The van der Waals surface area contributed by atoms with Gasteiger partial charge in [0.25, 0.3) is 5.56 Å². The number of benzene rings is 2. The number of Topliss-reactive ketones (excluding diaryl/α,β-unsaturated/α-hetero) is 1. The number of hydrogen-bond donors (Lipinski definition) is 0. The number of thiophene rings is 1. The van der Waals surface area contributed by atoms with E-state index in [2.05, 4.69) is 0 Å². The Hall–Kier alpha value is -2.74. The highest BCUT2D eigenvalue weighted by Crippen LogP contribution is 2.32. The van der Waals surface area contributed by atoms with Gasteiger partial charge < -0.3 is 4.74 Å². The van der Waals surface area contributed by atoms with Crippen LogP contribution < -0.4 is 5.56 Å². The van der Waals surface area contributed by atoms with Gasteiger partial charge in [0.2, 0.25) is 0 Å². The lowest BCUT2D eigenvalue weighted by atomic mass is 10.2. The molecule has 2 aromatic carbocycles. The maximum absolute atomic E-state index is 13.3. The number of carbonyl (C=O) groups is 1. The van der Waals surface area contributed by atoms with Crippen molar-refractivity contribution in [1.82, 2.24) is 9.55 Å². The summed E-state index contributed by atoms with van der Waals surface area (Å²) in [4.78, 5) is 32.3. The monoisotopic (exact) mass is 450 g/mol. The first-order valence-electron chi connectivity index (χ1n) is 9.97. The molecule has 4 aromatic rings. The van der Waals surface area contributed by atoms with Crippen LogP contribution in [0.5, 0.6) is 0 Å². The molecule has 0 amide bonds. The summed E-state index contributed by atoms with van der Waals surface area (Å²) in [7, 11) is 1.64. The minimum Gasteiger partial charge on any atom is -0.385 e. The van der Waals surface area contributed by atoms with Gasteiger partial charge in [-0.15, -0.1) is 11.3 Å². The number of thioether (sulfide) groups is 1. The molecule has 0 saturated heterocycles. The van der Waals surface area contributed by atoms with E-state index in [0.29, 0.717) is 40.5 Å². The van der Waals surface area contributed by atoms with Crippen LogP contribution in [0.15, 0.2) is 76.7 Å². The number of ketones is 1. The van der Waals surface area contributed by atoms with Crippen molar-refractivity contribution in [3.63, 3.8) is 0 Å². The molecule has 0 aliphatic carbocycles. The van der Waals surface area contributed by atoms with Crippen LogP contribution in [0, 0.1) is 0 Å². The number of carbonyl (C=O) groups excluding carboxylic acids is 1. The van der Waals surface area contributed by atoms with Crippen LogP contribution >= 0.6 is 23.1 Å². The summed E-state index contributed by atoms with van der Waals surface area (Å²) in [6, 6.07) is 21.1. The fraction of sp³-hybridized carbons (Fsp3) is 0.208. The SMILES string of the molecule is COCCCn1c(SCC(=O)c2ccccc2)nc2sc(-c3ccccc3)cc2c1=O. The first-order valence-corrected chi connectivity index (χ1v) is 11.8. The van der Waals surface area contributed by atoms with Gasteiger partial charge >= 0.3 is 0 Å². The van der Waals surface area contributed by atoms with Crippen molar-refractivity contribution in [2.75, 3.05) is 19.5 Å². The molecule has 0 saturated carbocycles. The molecule has 0 unspecified atom stereocenters. The number of aromatic nitrogens is 2. The van der Waals surface area contributed by atoms with E-state index in [4.69, 9.17) is 9.72 Å². The van der Waals surface area contributed by atoms with Crippen LogP contribution in [-0.2, 0) is 11.3 Å². The molecule has 0 radical (unpaired) electrons. The molecule has 0 aliphatic heterocycles. The normalized spacial score (nSPS) is 11.1. The van der Waals surface area contributed by atoms with Gasteiger partial charge in [-0.25, -0.2) is 4.98 Å². The average molecular weight is 451 g/mol. The van der Waals surface area contributed by atoms with E-state index >= 15 is 0 Å². The molecule has 0 atom stereocenters. The molecular weight excluding hydrogens is 428 g/mol. The van der Waals surface area contributed by atoms with Crippen LogP contribution in [-0.4, -0.2) is 34.8 Å². The molecule has 4 rings (SSSR count). The number of methoxy groups -OCH3 is 1. The van der Waals surface area contributed by atoms with Crippen molar-refractivity contribution in [1.29, 1.82) is 0 Å². The van der Waals surface area contributed by atoms with Gasteiger partial charge in [-0.1, -0.05) is 72.4 Å². The Labute approximate surface area is 188 Å². The quantitative estimate of drug-likeness (QED) is 0.153.